The Bertz CT molecular complexity index is 839. The molecule has 0 atom stereocenters. The molecule has 1 aliphatic heterocycles. The predicted octanol–water partition coefficient (Wildman–Crippen LogP) is 3.95. The highest BCUT2D eigenvalue weighted by Crippen LogP contribution is 2.33. The fourth-order valence-electron chi connectivity index (χ4n) is 2.35. The molecule has 0 bridgehead atoms. The van der Waals surface area contributed by atoms with Crippen LogP contribution in [0.3, 0.4) is 0 Å². The summed E-state index contributed by atoms with van der Waals surface area (Å²) < 4.78 is 5.26. The second-order valence-corrected chi connectivity index (χ2v) is 6.73. The zero-order valence-corrected chi connectivity index (χ0v) is 14.7. The van der Waals surface area contributed by atoms with E-state index < -0.39 is 0 Å². The number of rotatable bonds is 3. The van der Waals surface area contributed by atoms with Gasteiger partial charge < -0.3 is 15.4 Å². The number of thioether (sulfide) groups is 1. The lowest BCUT2D eigenvalue weighted by atomic mass is 10.1. The van der Waals surface area contributed by atoms with Crippen LogP contribution in [0.15, 0.2) is 35.2 Å². The molecule has 2 aromatic rings. The molecule has 1 aliphatic rings. The molecule has 5 nitrogen and oxygen atoms in total. The van der Waals surface area contributed by atoms with Gasteiger partial charge in [-0.3, -0.25) is 9.59 Å². The standard InChI is InChI=1S/C17H15ClN2O3S/c1-9-5-12(14(23-2)7-11(9)18)20-17(22)10-3-4-15-13(6-10)19-16(21)8-24-15/h3-7H,8H2,1-2H3,(H,19,21)(H,20,22). The van der Waals surface area contributed by atoms with Crippen molar-refractivity contribution in [2.75, 3.05) is 23.5 Å². The maximum atomic E-state index is 12.5. The lowest BCUT2D eigenvalue weighted by Crippen LogP contribution is -2.20. The van der Waals surface area contributed by atoms with Crippen molar-refractivity contribution in [3.05, 3.63) is 46.5 Å². The Morgan fingerprint density at radius 3 is 2.88 bits per heavy atom. The van der Waals surface area contributed by atoms with Gasteiger partial charge in [-0.05, 0) is 36.8 Å². The molecule has 124 valence electrons. The SMILES string of the molecule is COc1cc(Cl)c(C)cc1NC(=O)c1ccc2c(c1)NC(=O)CS2. The molecule has 7 heteroatoms. The van der Waals surface area contributed by atoms with E-state index in [2.05, 4.69) is 10.6 Å². The van der Waals surface area contributed by atoms with Gasteiger partial charge in [0.2, 0.25) is 5.91 Å². The third-order valence-electron chi connectivity index (χ3n) is 3.60. The highest BCUT2D eigenvalue weighted by Gasteiger charge is 2.18. The van der Waals surface area contributed by atoms with Crippen molar-refractivity contribution in [2.45, 2.75) is 11.8 Å². The number of nitrogens with one attached hydrogen (secondary N) is 2. The van der Waals surface area contributed by atoms with Crippen LogP contribution in [-0.2, 0) is 4.79 Å². The molecule has 2 amide bonds. The largest absolute Gasteiger partial charge is 0.495 e. The summed E-state index contributed by atoms with van der Waals surface area (Å²) in [6.45, 7) is 1.85. The van der Waals surface area contributed by atoms with Crippen molar-refractivity contribution in [1.29, 1.82) is 0 Å². The number of benzene rings is 2. The molecule has 0 saturated heterocycles. The van der Waals surface area contributed by atoms with Gasteiger partial charge in [0.05, 0.1) is 24.2 Å². The fraction of sp³-hybridized carbons (Fsp3) is 0.176. The molecule has 0 radical (unpaired) electrons. The average Bonchev–Trinajstić information content (AvgIpc) is 2.57. The topological polar surface area (TPSA) is 67.4 Å². The lowest BCUT2D eigenvalue weighted by Gasteiger charge is -2.17. The minimum atomic E-state index is -0.289. The fourth-order valence-corrected chi connectivity index (χ4v) is 3.29. The Morgan fingerprint density at radius 2 is 2.12 bits per heavy atom. The van der Waals surface area contributed by atoms with Crippen molar-refractivity contribution in [2.24, 2.45) is 0 Å². The zero-order valence-electron chi connectivity index (χ0n) is 13.1. The summed E-state index contributed by atoms with van der Waals surface area (Å²) in [7, 11) is 1.52. The van der Waals surface area contributed by atoms with Gasteiger partial charge in [0.1, 0.15) is 5.75 Å². The molecule has 24 heavy (non-hydrogen) atoms. The summed E-state index contributed by atoms with van der Waals surface area (Å²) in [5.41, 5.74) is 2.48. The number of aryl methyl sites for hydroxylation is 1. The summed E-state index contributed by atoms with van der Waals surface area (Å²) in [5, 5.41) is 6.17. The highest BCUT2D eigenvalue weighted by molar-refractivity contribution is 8.00. The van der Waals surface area contributed by atoms with Crippen molar-refractivity contribution >= 4 is 46.6 Å². The average molecular weight is 363 g/mol. The van der Waals surface area contributed by atoms with E-state index >= 15 is 0 Å². The molecule has 0 aliphatic carbocycles. The van der Waals surface area contributed by atoms with Crippen LogP contribution >= 0.6 is 23.4 Å². The van der Waals surface area contributed by atoms with E-state index in [4.69, 9.17) is 16.3 Å². The Hall–Kier alpha value is -2.18. The first kappa shape index (κ1) is 16.7. The Kier molecular flexibility index (Phi) is 4.69. The van der Waals surface area contributed by atoms with Gasteiger partial charge in [-0.15, -0.1) is 11.8 Å². The van der Waals surface area contributed by atoms with E-state index in [1.54, 1.807) is 24.3 Å². The number of hydrogen-bond donors (Lipinski definition) is 2. The summed E-state index contributed by atoms with van der Waals surface area (Å²) in [4.78, 5) is 25.0. The van der Waals surface area contributed by atoms with Crippen molar-refractivity contribution < 1.29 is 14.3 Å². The third-order valence-corrected chi connectivity index (χ3v) is 5.08. The summed E-state index contributed by atoms with van der Waals surface area (Å²) in [6.07, 6.45) is 0. The van der Waals surface area contributed by atoms with Gasteiger partial charge in [0, 0.05) is 21.5 Å². The van der Waals surface area contributed by atoms with Gasteiger partial charge in [-0.25, -0.2) is 0 Å². The van der Waals surface area contributed by atoms with Crippen molar-refractivity contribution in [3.8, 4) is 5.75 Å². The van der Waals surface area contributed by atoms with E-state index in [0.717, 1.165) is 10.5 Å². The Balaban J connectivity index is 1.87. The number of anilines is 2. The first-order chi connectivity index (χ1) is 11.5. The first-order valence-electron chi connectivity index (χ1n) is 7.20. The molecule has 1 heterocycles. The van der Waals surface area contributed by atoms with Crippen LogP contribution in [-0.4, -0.2) is 24.7 Å². The molecule has 3 rings (SSSR count). The van der Waals surface area contributed by atoms with Crippen LogP contribution in [0.4, 0.5) is 11.4 Å². The Morgan fingerprint density at radius 1 is 1.33 bits per heavy atom. The van der Waals surface area contributed by atoms with E-state index in [-0.39, 0.29) is 11.8 Å². The lowest BCUT2D eigenvalue weighted by molar-refractivity contribution is -0.113. The van der Waals surface area contributed by atoms with Crippen molar-refractivity contribution in [1.82, 2.24) is 0 Å². The van der Waals surface area contributed by atoms with Crippen LogP contribution in [0.5, 0.6) is 5.75 Å². The van der Waals surface area contributed by atoms with Crippen LogP contribution in [0.2, 0.25) is 5.02 Å². The normalized spacial score (nSPS) is 13.0. The number of methoxy groups -OCH3 is 1. The molecule has 0 fully saturated rings. The smallest absolute Gasteiger partial charge is 0.255 e. The number of amides is 2. The van der Waals surface area contributed by atoms with Crippen LogP contribution in [0, 0.1) is 6.92 Å². The van der Waals surface area contributed by atoms with Crippen LogP contribution in [0.1, 0.15) is 15.9 Å². The van der Waals surface area contributed by atoms with Gasteiger partial charge in [-0.2, -0.15) is 0 Å². The van der Waals surface area contributed by atoms with Gasteiger partial charge in [-0.1, -0.05) is 11.6 Å². The quantitative estimate of drug-likeness (QED) is 0.867. The minimum Gasteiger partial charge on any atom is -0.495 e. The Labute approximate surface area is 148 Å². The molecule has 0 unspecified atom stereocenters. The number of ether oxygens (including phenoxy) is 1. The van der Waals surface area contributed by atoms with Crippen LogP contribution < -0.4 is 15.4 Å². The second kappa shape index (κ2) is 6.75. The summed E-state index contributed by atoms with van der Waals surface area (Å²) >= 11 is 7.53. The summed E-state index contributed by atoms with van der Waals surface area (Å²) in [5.74, 6) is 0.517. The first-order valence-corrected chi connectivity index (χ1v) is 8.56. The molecule has 0 spiro atoms. The number of halogens is 1. The van der Waals surface area contributed by atoms with Gasteiger partial charge >= 0.3 is 0 Å². The van der Waals surface area contributed by atoms with E-state index in [0.29, 0.717) is 33.5 Å². The molecule has 0 aromatic heterocycles. The molecular weight excluding hydrogens is 348 g/mol. The van der Waals surface area contributed by atoms with Crippen LogP contribution in [0.25, 0.3) is 0 Å². The second-order valence-electron chi connectivity index (χ2n) is 5.30. The summed E-state index contributed by atoms with van der Waals surface area (Å²) in [6, 6.07) is 8.65. The third kappa shape index (κ3) is 3.34. The van der Waals surface area contributed by atoms with E-state index in [1.165, 1.54) is 18.9 Å². The van der Waals surface area contributed by atoms with Crippen molar-refractivity contribution in [3.63, 3.8) is 0 Å². The molecule has 2 N–H and O–H groups in total. The van der Waals surface area contributed by atoms with Gasteiger partial charge in [0.25, 0.3) is 5.91 Å². The maximum Gasteiger partial charge on any atom is 0.255 e. The molecule has 2 aromatic carbocycles. The highest BCUT2D eigenvalue weighted by atomic mass is 35.5. The number of carbonyl (C=O) groups excluding carboxylic acids is 2. The zero-order chi connectivity index (χ0) is 17.3. The minimum absolute atomic E-state index is 0.0694. The van der Waals surface area contributed by atoms with E-state index in [9.17, 15) is 9.59 Å². The van der Waals surface area contributed by atoms with E-state index in [1.807, 2.05) is 13.0 Å². The number of fused-ring (bicyclic) bond motifs is 1. The number of carbonyl (C=O) groups is 2. The maximum absolute atomic E-state index is 12.5. The van der Waals surface area contributed by atoms with Gasteiger partial charge in [0.15, 0.2) is 0 Å². The monoisotopic (exact) mass is 362 g/mol. The molecule has 0 saturated carbocycles. The predicted molar refractivity (Wildman–Crippen MR) is 96.5 cm³/mol. The molecular formula is C17H15ClN2O3S. The number of hydrogen-bond acceptors (Lipinski definition) is 4.